The lowest BCUT2D eigenvalue weighted by Crippen LogP contribution is -2.44. The smallest absolute Gasteiger partial charge is 0.123 e. The van der Waals surface area contributed by atoms with Crippen molar-refractivity contribution in [2.45, 2.75) is 37.9 Å². The number of rotatable bonds is 2. The van der Waals surface area contributed by atoms with Gasteiger partial charge in [0.05, 0.1) is 18.8 Å². The molecule has 0 bridgehead atoms. The fraction of sp³-hybridized carbons (Fsp3) is 0.600. The molecular formula is C15H19FO3. The summed E-state index contributed by atoms with van der Waals surface area (Å²) in [5.74, 6) is 0.542. The monoisotopic (exact) mass is 266 g/mol. The summed E-state index contributed by atoms with van der Waals surface area (Å²) >= 11 is 0. The van der Waals surface area contributed by atoms with Gasteiger partial charge in [0.15, 0.2) is 0 Å². The number of halogens is 1. The molecule has 2 aliphatic rings. The lowest BCUT2D eigenvalue weighted by molar-refractivity contribution is -0.112. The molecule has 2 heterocycles. The van der Waals surface area contributed by atoms with Crippen molar-refractivity contribution in [3.63, 3.8) is 0 Å². The number of ether oxygens (including phenoxy) is 3. The van der Waals surface area contributed by atoms with Crippen LogP contribution in [0.2, 0.25) is 0 Å². The molecule has 104 valence electrons. The maximum Gasteiger partial charge on any atom is 0.123 e. The standard InChI is InChI=1S/C15H19FO3/c1-11-8-12(16)2-3-14(11)19-13-4-6-18-15(9-13)5-7-17-10-15/h2-3,8,13H,4-7,9-10H2,1H3. The van der Waals surface area contributed by atoms with Gasteiger partial charge in [-0.3, -0.25) is 0 Å². The fourth-order valence-corrected chi connectivity index (χ4v) is 2.87. The summed E-state index contributed by atoms with van der Waals surface area (Å²) in [5, 5.41) is 0. The Morgan fingerprint density at radius 3 is 3.00 bits per heavy atom. The maximum absolute atomic E-state index is 13.1. The van der Waals surface area contributed by atoms with E-state index >= 15 is 0 Å². The van der Waals surface area contributed by atoms with Gasteiger partial charge in [0.1, 0.15) is 17.7 Å². The molecule has 0 radical (unpaired) electrons. The Kier molecular flexibility index (Phi) is 3.46. The van der Waals surface area contributed by atoms with Crippen LogP contribution in [0.15, 0.2) is 18.2 Å². The van der Waals surface area contributed by atoms with Crippen molar-refractivity contribution in [1.29, 1.82) is 0 Å². The van der Waals surface area contributed by atoms with Gasteiger partial charge in [0.25, 0.3) is 0 Å². The summed E-state index contributed by atoms with van der Waals surface area (Å²) < 4.78 is 30.4. The second-order valence-corrected chi connectivity index (χ2v) is 5.48. The third-order valence-electron chi connectivity index (χ3n) is 3.95. The molecule has 0 saturated carbocycles. The van der Waals surface area contributed by atoms with Crippen molar-refractivity contribution in [2.24, 2.45) is 0 Å². The second-order valence-electron chi connectivity index (χ2n) is 5.48. The zero-order valence-electron chi connectivity index (χ0n) is 11.2. The van der Waals surface area contributed by atoms with Gasteiger partial charge >= 0.3 is 0 Å². The van der Waals surface area contributed by atoms with E-state index in [2.05, 4.69) is 0 Å². The highest BCUT2D eigenvalue weighted by molar-refractivity contribution is 5.32. The van der Waals surface area contributed by atoms with E-state index in [4.69, 9.17) is 14.2 Å². The molecular weight excluding hydrogens is 247 g/mol. The molecule has 19 heavy (non-hydrogen) atoms. The Labute approximate surface area is 112 Å². The molecule has 1 aromatic rings. The quantitative estimate of drug-likeness (QED) is 0.824. The van der Waals surface area contributed by atoms with Crippen LogP contribution in [-0.2, 0) is 9.47 Å². The summed E-state index contributed by atoms with van der Waals surface area (Å²) in [6, 6.07) is 4.65. The topological polar surface area (TPSA) is 27.7 Å². The van der Waals surface area contributed by atoms with E-state index in [1.807, 2.05) is 6.92 Å². The van der Waals surface area contributed by atoms with Crippen LogP contribution in [0.5, 0.6) is 5.75 Å². The lowest BCUT2D eigenvalue weighted by atomic mass is 9.91. The molecule has 2 unspecified atom stereocenters. The van der Waals surface area contributed by atoms with Gasteiger partial charge < -0.3 is 14.2 Å². The third-order valence-corrected chi connectivity index (χ3v) is 3.95. The first kappa shape index (κ1) is 12.9. The minimum absolute atomic E-state index is 0.125. The van der Waals surface area contributed by atoms with E-state index in [9.17, 15) is 4.39 Å². The summed E-state index contributed by atoms with van der Waals surface area (Å²) in [4.78, 5) is 0. The minimum Gasteiger partial charge on any atom is -0.490 e. The summed E-state index contributed by atoms with van der Waals surface area (Å²) in [7, 11) is 0. The Bertz CT molecular complexity index is 455. The number of hydrogen-bond acceptors (Lipinski definition) is 3. The van der Waals surface area contributed by atoms with E-state index in [1.165, 1.54) is 12.1 Å². The number of hydrogen-bond donors (Lipinski definition) is 0. The van der Waals surface area contributed by atoms with E-state index < -0.39 is 0 Å². The van der Waals surface area contributed by atoms with Crippen LogP contribution in [0, 0.1) is 12.7 Å². The molecule has 2 fully saturated rings. The molecule has 3 rings (SSSR count). The molecule has 4 heteroatoms. The van der Waals surface area contributed by atoms with Crippen molar-refractivity contribution in [3.05, 3.63) is 29.6 Å². The normalized spacial score (nSPS) is 30.7. The highest BCUT2D eigenvalue weighted by atomic mass is 19.1. The van der Waals surface area contributed by atoms with Gasteiger partial charge in [0.2, 0.25) is 0 Å². The van der Waals surface area contributed by atoms with Crippen molar-refractivity contribution < 1.29 is 18.6 Å². The van der Waals surface area contributed by atoms with Gasteiger partial charge in [-0.25, -0.2) is 4.39 Å². The van der Waals surface area contributed by atoms with Gasteiger partial charge in [-0.1, -0.05) is 0 Å². The molecule has 2 atom stereocenters. The van der Waals surface area contributed by atoms with Crippen molar-refractivity contribution in [2.75, 3.05) is 19.8 Å². The van der Waals surface area contributed by atoms with Crippen LogP contribution in [0.3, 0.4) is 0 Å². The highest BCUT2D eigenvalue weighted by Crippen LogP contribution is 2.35. The summed E-state index contributed by atoms with van der Waals surface area (Å²) in [6.07, 6.45) is 2.79. The largest absolute Gasteiger partial charge is 0.490 e. The van der Waals surface area contributed by atoms with E-state index in [-0.39, 0.29) is 17.5 Å². The van der Waals surface area contributed by atoms with Crippen LogP contribution in [0.25, 0.3) is 0 Å². The lowest BCUT2D eigenvalue weighted by Gasteiger charge is -2.37. The molecule has 3 nitrogen and oxygen atoms in total. The Morgan fingerprint density at radius 1 is 1.37 bits per heavy atom. The van der Waals surface area contributed by atoms with Crippen molar-refractivity contribution in [3.8, 4) is 5.75 Å². The molecule has 2 aliphatic heterocycles. The molecule has 0 aliphatic carbocycles. The predicted octanol–water partition coefficient (Wildman–Crippen LogP) is 2.85. The van der Waals surface area contributed by atoms with E-state index in [0.29, 0.717) is 13.2 Å². The summed E-state index contributed by atoms with van der Waals surface area (Å²) in [5.41, 5.74) is 0.680. The average molecular weight is 266 g/mol. The fourth-order valence-electron chi connectivity index (χ4n) is 2.87. The first-order valence-corrected chi connectivity index (χ1v) is 6.81. The van der Waals surface area contributed by atoms with Crippen LogP contribution < -0.4 is 4.74 Å². The zero-order valence-corrected chi connectivity index (χ0v) is 11.2. The van der Waals surface area contributed by atoms with Gasteiger partial charge in [0, 0.05) is 25.9 Å². The first-order valence-electron chi connectivity index (χ1n) is 6.81. The molecule has 0 amide bonds. The SMILES string of the molecule is Cc1cc(F)ccc1OC1CCOC2(CCOC2)C1. The van der Waals surface area contributed by atoms with Crippen LogP contribution in [0.4, 0.5) is 4.39 Å². The molecule has 0 aromatic heterocycles. The second kappa shape index (κ2) is 5.10. The van der Waals surface area contributed by atoms with Crippen molar-refractivity contribution >= 4 is 0 Å². The van der Waals surface area contributed by atoms with Crippen molar-refractivity contribution in [1.82, 2.24) is 0 Å². The minimum atomic E-state index is -0.225. The highest BCUT2D eigenvalue weighted by Gasteiger charge is 2.41. The van der Waals surface area contributed by atoms with Gasteiger partial charge in [-0.2, -0.15) is 0 Å². The van der Waals surface area contributed by atoms with Gasteiger partial charge in [-0.05, 0) is 30.7 Å². The molecule has 0 N–H and O–H groups in total. The Morgan fingerprint density at radius 2 is 2.26 bits per heavy atom. The van der Waals surface area contributed by atoms with Crippen LogP contribution >= 0.6 is 0 Å². The third kappa shape index (κ3) is 2.74. The average Bonchev–Trinajstić information content (AvgIpc) is 2.81. The number of aryl methyl sites for hydroxylation is 1. The molecule has 1 aromatic carbocycles. The van der Waals surface area contributed by atoms with Crippen LogP contribution in [-0.4, -0.2) is 31.5 Å². The predicted molar refractivity (Wildman–Crippen MR) is 68.9 cm³/mol. The van der Waals surface area contributed by atoms with E-state index in [0.717, 1.165) is 37.2 Å². The molecule has 2 saturated heterocycles. The Balaban J connectivity index is 1.69. The van der Waals surface area contributed by atoms with E-state index in [1.54, 1.807) is 6.07 Å². The number of benzene rings is 1. The summed E-state index contributed by atoms with van der Waals surface area (Å²) in [6.45, 7) is 4.00. The van der Waals surface area contributed by atoms with Gasteiger partial charge in [-0.15, -0.1) is 0 Å². The first-order chi connectivity index (χ1) is 9.17. The zero-order chi connectivity index (χ0) is 13.3. The molecule has 1 spiro atoms. The van der Waals surface area contributed by atoms with Crippen LogP contribution in [0.1, 0.15) is 24.8 Å². The maximum atomic E-state index is 13.1. The Hall–Kier alpha value is -1.13.